The van der Waals surface area contributed by atoms with Crippen molar-refractivity contribution in [1.82, 2.24) is 0 Å². The summed E-state index contributed by atoms with van der Waals surface area (Å²) in [4.78, 5) is 26.1. The van der Waals surface area contributed by atoms with Gasteiger partial charge in [0.25, 0.3) is 11.1 Å². The summed E-state index contributed by atoms with van der Waals surface area (Å²) in [5.74, 6) is -0.114. The van der Waals surface area contributed by atoms with E-state index in [0.717, 1.165) is 16.7 Å². The van der Waals surface area contributed by atoms with E-state index in [1.54, 1.807) is 42.5 Å². The molecular formula is C18H15NO4S. The number of imide groups is 1. The first kappa shape index (κ1) is 16.1. The number of benzene rings is 2. The summed E-state index contributed by atoms with van der Waals surface area (Å²) < 4.78 is 5.33. The number of phenolic OH excluding ortho intramolecular Hbond substituents is 1. The number of phenols is 1. The number of rotatable bonds is 4. The normalized spacial score (nSPS) is 16.0. The summed E-state index contributed by atoms with van der Waals surface area (Å²) in [7, 11) is 0. The SMILES string of the molecule is CCOc1cccc(C=C2SC(=O)N(c3ccccc3)C2=O)c1O. The van der Waals surface area contributed by atoms with Crippen LogP contribution in [0.5, 0.6) is 11.5 Å². The smallest absolute Gasteiger partial charge is 0.298 e. The van der Waals surface area contributed by atoms with Gasteiger partial charge in [0.05, 0.1) is 17.2 Å². The van der Waals surface area contributed by atoms with Crippen molar-refractivity contribution in [2.75, 3.05) is 11.5 Å². The highest BCUT2D eigenvalue weighted by molar-refractivity contribution is 8.19. The molecule has 2 aromatic rings. The highest BCUT2D eigenvalue weighted by atomic mass is 32.2. The van der Waals surface area contributed by atoms with Crippen molar-refractivity contribution >= 4 is 34.7 Å². The second kappa shape index (κ2) is 6.80. The molecule has 3 rings (SSSR count). The van der Waals surface area contributed by atoms with Crippen molar-refractivity contribution in [3.05, 3.63) is 59.0 Å². The van der Waals surface area contributed by atoms with E-state index in [9.17, 15) is 14.7 Å². The Balaban J connectivity index is 1.94. The summed E-state index contributed by atoms with van der Waals surface area (Å²) in [6.45, 7) is 2.23. The zero-order chi connectivity index (χ0) is 17.1. The Morgan fingerprint density at radius 3 is 2.58 bits per heavy atom. The van der Waals surface area contributed by atoms with Crippen molar-refractivity contribution < 1.29 is 19.4 Å². The third-order valence-corrected chi connectivity index (χ3v) is 4.29. The molecule has 0 unspecified atom stereocenters. The number of carbonyl (C=O) groups excluding carboxylic acids is 2. The summed E-state index contributed by atoms with van der Waals surface area (Å²) in [6, 6.07) is 13.8. The number of hydrogen-bond acceptors (Lipinski definition) is 5. The molecule has 1 fully saturated rings. The van der Waals surface area contributed by atoms with E-state index in [0.29, 0.717) is 23.6 Å². The summed E-state index contributed by atoms with van der Waals surface area (Å²) in [5.41, 5.74) is 0.954. The minimum Gasteiger partial charge on any atom is -0.504 e. The van der Waals surface area contributed by atoms with Crippen LogP contribution in [-0.4, -0.2) is 22.9 Å². The fourth-order valence-electron chi connectivity index (χ4n) is 2.34. The topological polar surface area (TPSA) is 66.8 Å². The highest BCUT2D eigenvalue weighted by Crippen LogP contribution is 2.38. The van der Waals surface area contributed by atoms with Crippen molar-refractivity contribution in [3.8, 4) is 11.5 Å². The van der Waals surface area contributed by atoms with Crippen molar-refractivity contribution in [1.29, 1.82) is 0 Å². The first-order chi connectivity index (χ1) is 11.6. The quantitative estimate of drug-likeness (QED) is 0.851. The van der Waals surface area contributed by atoms with Gasteiger partial charge in [-0.05, 0) is 43.0 Å². The third kappa shape index (κ3) is 3.00. The largest absolute Gasteiger partial charge is 0.504 e. The second-order valence-electron chi connectivity index (χ2n) is 4.98. The molecule has 2 amide bonds. The molecular weight excluding hydrogens is 326 g/mol. The molecule has 0 radical (unpaired) electrons. The molecule has 122 valence electrons. The van der Waals surface area contributed by atoms with Crippen molar-refractivity contribution in [2.24, 2.45) is 0 Å². The molecule has 1 heterocycles. The molecule has 0 bridgehead atoms. The minimum atomic E-state index is -0.405. The van der Waals surface area contributed by atoms with Gasteiger partial charge in [0.15, 0.2) is 11.5 Å². The van der Waals surface area contributed by atoms with Gasteiger partial charge in [0, 0.05) is 5.56 Å². The minimum absolute atomic E-state index is 0.0501. The van der Waals surface area contributed by atoms with E-state index in [-0.39, 0.29) is 15.9 Å². The Bertz CT molecular complexity index is 817. The lowest BCUT2D eigenvalue weighted by Crippen LogP contribution is -2.27. The van der Waals surface area contributed by atoms with E-state index in [1.165, 1.54) is 6.08 Å². The summed E-state index contributed by atoms with van der Waals surface area (Å²) in [6.07, 6.45) is 1.51. The van der Waals surface area contributed by atoms with E-state index in [4.69, 9.17) is 4.74 Å². The van der Waals surface area contributed by atoms with Gasteiger partial charge in [-0.15, -0.1) is 0 Å². The number of thioether (sulfide) groups is 1. The fraction of sp³-hybridized carbons (Fsp3) is 0.111. The second-order valence-corrected chi connectivity index (χ2v) is 5.97. The van der Waals surface area contributed by atoms with Gasteiger partial charge in [-0.3, -0.25) is 9.59 Å². The highest BCUT2D eigenvalue weighted by Gasteiger charge is 2.36. The van der Waals surface area contributed by atoms with E-state index in [1.807, 2.05) is 13.0 Å². The monoisotopic (exact) mass is 341 g/mol. The molecule has 6 heteroatoms. The van der Waals surface area contributed by atoms with Crippen LogP contribution in [-0.2, 0) is 4.79 Å². The van der Waals surface area contributed by atoms with Crippen LogP contribution in [0.4, 0.5) is 10.5 Å². The average Bonchev–Trinajstić information content (AvgIpc) is 2.86. The molecule has 0 spiro atoms. The molecule has 1 aliphatic rings. The number of anilines is 1. The lowest BCUT2D eigenvalue weighted by molar-refractivity contribution is -0.113. The summed E-state index contributed by atoms with van der Waals surface area (Å²) >= 11 is 0.846. The number of ether oxygens (including phenoxy) is 1. The van der Waals surface area contributed by atoms with E-state index in [2.05, 4.69) is 0 Å². The Labute approximate surface area is 143 Å². The molecule has 24 heavy (non-hydrogen) atoms. The van der Waals surface area contributed by atoms with Gasteiger partial charge in [-0.2, -0.15) is 0 Å². The third-order valence-electron chi connectivity index (χ3n) is 3.42. The molecule has 1 saturated heterocycles. The molecule has 0 saturated carbocycles. The van der Waals surface area contributed by atoms with Crippen LogP contribution < -0.4 is 9.64 Å². The van der Waals surface area contributed by atoms with Crippen molar-refractivity contribution in [3.63, 3.8) is 0 Å². The molecule has 0 aliphatic carbocycles. The van der Waals surface area contributed by atoms with E-state index >= 15 is 0 Å². The Morgan fingerprint density at radius 1 is 1.12 bits per heavy atom. The van der Waals surface area contributed by atoms with Crippen LogP contribution in [0.15, 0.2) is 53.4 Å². The van der Waals surface area contributed by atoms with Crippen molar-refractivity contribution in [2.45, 2.75) is 6.92 Å². The lowest BCUT2D eigenvalue weighted by atomic mass is 10.1. The molecule has 1 N–H and O–H groups in total. The van der Waals surface area contributed by atoms with Crippen LogP contribution >= 0.6 is 11.8 Å². The molecule has 2 aromatic carbocycles. The number of aromatic hydroxyl groups is 1. The Hall–Kier alpha value is -2.73. The van der Waals surface area contributed by atoms with Gasteiger partial charge < -0.3 is 9.84 Å². The first-order valence-corrected chi connectivity index (χ1v) is 8.21. The van der Waals surface area contributed by atoms with Gasteiger partial charge >= 0.3 is 0 Å². The number of carbonyl (C=O) groups is 2. The number of nitrogens with zero attached hydrogens (tertiary/aromatic N) is 1. The fourth-order valence-corrected chi connectivity index (χ4v) is 3.17. The molecule has 1 aliphatic heterocycles. The maximum absolute atomic E-state index is 12.5. The zero-order valence-corrected chi connectivity index (χ0v) is 13.7. The van der Waals surface area contributed by atoms with Gasteiger partial charge in [-0.25, -0.2) is 4.90 Å². The predicted octanol–water partition coefficient (Wildman–Crippen LogP) is 4.03. The van der Waals surface area contributed by atoms with Gasteiger partial charge in [0.2, 0.25) is 0 Å². The maximum Gasteiger partial charge on any atom is 0.298 e. The Morgan fingerprint density at radius 2 is 1.88 bits per heavy atom. The standard InChI is InChI=1S/C18H15NO4S/c1-2-23-14-10-6-7-12(16(14)20)11-15-17(21)19(18(22)24-15)13-8-4-3-5-9-13/h3-11,20H,2H2,1H3. The zero-order valence-electron chi connectivity index (χ0n) is 12.9. The average molecular weight is 341 g/mol. The van der Waals surface area contributed by atoms with Crippen LogP contribution in [0.1, 0.15) is 12.5 Å². The number of para-hydroxylation sites is 2. The van der Waals surface area contributed by atoms with Gasteiger partial charge in [-0.1, -0.05) is 30.3 Å². The molecule has 5 nitrogen and oxygen atoms in total. The van der Waals surface area contributed by atoms with Crippen LogP contribution in [0.3, 0.4) is 0 Å². The van der Waals surface area contributed by atoms with Crippen LogP contribution in [0.25, 0.3) is 6.08 Å². The summed E-state index contributed by atoms with van der Waals surface area (Å²) in [5, 5.41) is 9.86. The molecule has 0 aromatic heterocycles. The predicted molar refractivity (Wildman–Crippen MR) is 94.2 cm³/mol. The van der Waals surface area contributed by atoms with Crippen LogP contribution in [0, 0.1) is 0 Å². The first-order valence-electron chi connectivity index (χ1n) is 7.39. The lowest BCUT2D eigenvalue weighted by Gasteiger charge is -2.11. The number of hydrogen-bond donors (Lipinski definition) is 1. The number of amides is 2. The molecule has 0 atom stereocenters. The Kier molecular flexibility index (Phi) is 4.57. The van der Waals surface area contributed by atoms with Crippen LogP contribution in [0.2, 0.25) is 0 Å². The maximum atomic E-state index is 12.5. The van der Waals surface area contributed by atoms with E-state index < -0.39 is 5.91 Å². The van der Waals surface area contributed by atoms with Gasteiger partial charge in [0.1, 0.15) is 0 Å².